The van der Waals surface area contributed by atoms with Crippen LogP contribution in [0.15, 0.2) is 53.4 Å². The second kappa shape index (κ2) is 8.34. The van der Waals surface area contributed by atoms with Gasteiger partial charge in [0.2, 0.25) is 5.91 Å². The van der Waals surface area contributed by atoms with E-state index < -0.39 is 16.1 Å². The fourth-order valence-corrected chi connectivity index (χ4v) is 5.87. The molecule has 3 amide bonds. The molecule has 1 saturated heterocycles. The van der Waals surface area contributed by atoms with Crippen LogP contribution in [0.25, 0.3) is 0 Å². The number of para-hydroxylation sites is 1. The topological polar surface area (TPSA) is 78.0 Å². The average molecular weight is 442 g/mol. The molecule has 2 aliphatic heterocycles. The Bertz CT molecular complexity index is 1100. The number of likely N-dealkylation sites (tertiary alicyclic amines) is 1. The van der Waals surface area contributed by atoms with Crippen LogP contribution in [0, 0.1) is 0 Å². The van der Waals surface area contributed by atoms with Gasteiger partial charge in [-0.1, -0.05) is 31.2 Å². The number of benzene rings is 2. The first-order valence-corrected chi connectivity index (χ1v) is 12.1. The smallest absolute Gasteiger partial charge is 0.338 e. The number of hydrogen-bond donors (Lipinski definition) is 0. The maximum Gasteiger partial charge on any atom is 0.343 e. The van der Waals surface area contributed by atoms with Crippen LogP contribution in [-0.2, 0) is 21.2 Å². The van der Waals surface area contributed by atoms with Gasteiger partial charge in [-0.2, -0.15) is 4.31 Å². The third kappa shape index (κ3) is 3.80. The number of aryl methyl sites for hydroxylation is 1. The number of hydrogen-bond acceptors (Lipinski definition) is 4. The largest absolute Gasteiger partial charge is 0.343 e. The van der Waals surface area contributed by atoms with E-state index in [-0.39, 0.29) is 34.8 Å². The highest BCUT2D eigenvalue weighted by molar-refractivity contribution is 7.94. The first kappa shape index (κ1) is 21.4. The van der Waals surface area contributed by atoms with Gasteiger partial charge in [0.15, 0.2) is 0 Å². The fourth-order valence-electron chi connectivity index (χ4n) is 4.28. The van der Waals surface area contributed by atoms with E-state index in [9.17, 15) is 18.0 Å². The van der Waals surface area contributed by atoms with Gasteiger partial charge in [-0.15, -0.1) is 0 Å². The van der Waals surface area contributed by atoms with E-state index in [1.54, 1.807) is 35.2 Å². The van der Waals surface area contributed by atoms with Crippen LogP contribution in [-0.4, -0.2) is 44.4 Å². The summed E-state index contributed by atoms with van der Waals surface area (Å²) in [5.74, 6) is -0.170. The summed E-state index contributed by atoms with van der Waals surface area (Å²) in [7, 11) is -4.09. The van der Waals surface area contributed by atoms with E-state index in [0.29, 0.717) is 6.54 Å². The summed E-state index contributed by atoms with van der Waals surface area (Å²) in [6.45, 7) is 4.47. The van der Waals surface area contributed by atoms with Crippen LogP contribution in [0.3, 0.4) is 0 Å². The van der Waals surface area contributed by atoms with E-state index >= 15 is 0 Å². The number of anilines is 2. The number of carbonyl (C=O) groups is 2. The maximum absolute atomic E-state index is 13.5. The van der Waals surface area contributed by atoms with Crippen molar-refractivity contribution in [2.45, 2.75) is 50.5 Å². The van der Waals surface area contributed by atoms with Crippen LogP contribution in [0.1, 0.15) is 38.7 Å². The lowest BCUT2D eigenvalue weighted by molar-refractivity contribution is -0.132. The molecule has 4 rings (SSSR count). The lowest BCUT2D eigenvalue weighted by Gasteiger charge is -2.38. The van der Waals surface area contributed by atoms with Gasteiger partial charge in [-0.3, -0.25) is 9.69 Å². The first-order chi connectivity index (χ1) is 14.8. The maximum atomic E-state index is 13.5. The van der Waals surface area contributed by atoms with E-state index in [0.717, 1.165) is 35.6 Å². The molecule has 0 aliphatic carbocycles. The summed E-state index contributed by atoms with van der Waals surface area (Å²) in [6.07, 6.45) is 3.75. The van der Waals surface area contributed by atoms with Gasteiger partial charge in [-0.25, -0.2) is 13.2 Å². The molecule has 1 atom stereocenters. The Morgan fingerprint density at radius 2 is 1.77 bits per heavy atom. The molecule has 2 aliphatic rings. The number of fused-ring (bicyclic) bond motifs is 1. The zero-order chi connectivity index (χ0) is 22.2. The zero-order valence-electron chi connectivity index (χ0n) is 17.8. The lowest BCUT2D eigenvalue weighted by Crippen LogP contribution is -2.55. The van der Waals surface area contributed by atoms with E-state index in [2.05, 4.69) is 0 Å². The van der Waals surface area contributed by atoms with Crippen molar-refractivity contribution in [2.75, 3.05) is 22.3 Å². The van der Waals surface area contributed by atoms with Crippen molar-refractivity contribution in [2.24, 2.45) is 0 Å². The average Bonchev–Trinajstić information content (AvgIpc) is 2.77. The monoisotopic (exact) mass is 441 g/mol. The number of carbonyl (C=O) groups excluding carboxylic acids is 2. The molecule has 2 aromatic carbocycles. The van der Waals surface area contributed by atoms with E-state index in [1.807, 2.05) is 26.0 Å². The Morgan fingerprint density at radius 3 is 2.45 bits per heavy atom. The Kier molecular flexibility index (Phi) is 5.75. The van der Waals surface area contributed by atoms with Crippen LogP contribution >= 0.6 is 0 Å². The predicted molar refractivity (Wildman–Crippen MR) is 120 cm³/mol. The second-order valence-electron chi connectivity index (χ2n) is 8.06. The number of piperidine rings is 1. The van der Waals surface area contributed by atoms with Crippen molar-refractivity contribution in [3.63, 3.8) is 0 Å². The normalized spacial score (nSPS) is 20.5. The van der Waals surface area contributed by atoms with Crippen LogP contribution in [0.4, 0.5) is 16.2 Å². The van der Waals surface area contributed by atoms with Crippen molar-refractivity contribution in [1.82, 2.24) is 4.90 Å². The third-order valence-electron chi connectivity index (χ3n) is 6.07. The van der Waals surface area contributed by atoms with Crippen LogP contribution in [0.5, 0.6) is 0 Å². The van der Waals surface area contributed by atoms with Crippen molar-refractivity contribution in [3.8, 4) is 0 Å². The molecule has 164 valence electrons. The fraction of sp³-hybridized carbons (Fsp3) is 0.391. The molecule has 2 aromatic rings. The quantitative estimate of drug-likeness (QED) is 0.723. The predicted octanol–water partition coefficient (Wildman–Crippen LogP) is 3.79. The van der Waals surface area contributed by atoms with Crippen LogP contribution < -0.4 is 9.21 Å². The van der Waals surface area contributed by atoms with Gasteiger partial charge in [0.1, 0.15) is 11.4 Å². The van der Waals surface area contributed by atoms with E-state index in [4.69, 9.17) is 0 Å². The summed E-state index contributed by atoms with van der Waals surface area (Å²) in [6, 6.07) is 12.6. The Labute approximate surface area is 183 Å². The summed E-state index contributed by atoms with van der Waals surface area (Å²) < 4.78 is 27.5. The summed E-state index contributed by atoms with van der Waals surface area (Å²) in [5, 5.41) is 0. The van der Waals surface area contributed by atoms with Crippen molar-refractivity contribution >= 4 is 33.3 Å². The molecule has 0 saturated carbocycles. The second-order valence-corrected chi connectivity index (χ2v) is 9.81. The Hall–Kier alpha value is -2.87. The number of nitrogens with zero attached hydrogens (tertiary/aromatic N) is 3. The standard InChI is InChI=1S/C23H27N3O4S/c1-3-18-11-13-19(14-12-18)26-23(28)25(16-22(27)24-15-7-6-8-17(24)2)20-9-4-5-10-21(20)31(26,29)30/h4-5,9-14,17H,3,6-8,15-16H2,1-2H3. The molecule has 1 fully saturated rings. The molecule has 0 spiro atoms. The van der Waals surface area contributed by atoms with Gasteiger partial charge in [-0.05, 0) is 62.4 Å². The number of sulfonamides is 1. The highest BCUT2D eigenvalue weighted by atomic mass is 32.2. The van der Waals surface area contributed by atoms with Gasteiger partial charge < -0.3 is 4.90 Å². The number of rotatable bonds is 4. The molecule has 0 aromatic heterocycles. The minimum Gasteiger partial charge on any atom is -0.338 e. The molecular formula is C23H27N3O4S. The Morgan fingerprint density at radius 1 is 1.06 bits per heavy atom. The highest BCUT2D eigenvalue weighted by Crippen LogP contribution is 2.37. The van der Waals surface area contributed by atoms with Gasteiger partial charge >= 0.3 is 6.03 Å². The number of urea groups is 1. The van der Waals surface area contributed by atoms with Crippen LogP contribution in [0.2, 0.25) is 0 Å². The minimum atomic E-state index is -4.09. The molecule has 0 radical (unpaired) electrons. The molecule has 1 unspecified atom stereocenters. The van der Waals surface area contributed by atoms with Crippen molar-refractivity contribution < 1.29 is 18.0 Å². The highest BCUT2D eigenvalue weighted by Gasteiger charge is 2.43. The molecule has 8 heteroatoms. The van der Waals surface area contributed by atoms with Gasteiger partial charge in [0.25, 0.3) is 10.0 Å². The third-order valence-corrected chi connectivity index (χ3v) is 7.82. The lowest BCUT2D eigenvalue weighted by atomic mass is 10.0. The first-order valence-electron chi connectivity index (χ1n) is 10.7. The van der Waals surface area contributed by atoms with E-state index in [1.165, 1.54) is 11.0 Å². The SMILES string of the molecule is CCc1ccc(N2C(=O)N(CC(=O)N3CCCCC3C)c3ccccc3S2(=O)=O)cc1. The van der Waals surface area contributed by atoms with Crippen molar-refractivity contribution in [3.05, 3.63) is 54.1 Å². The summed E-state index contributed by atoms with van der Waals surface area (Å²) in [4.78, 5) is 29.6. The number of amides is 3. The summed E-state index contributed by atoms with van der Waals surface area (Å²) in [5.41, 5.74) is 1.55. The molecule has 7 nitrogen and oxygen atoms in total. The minimum absolute atomic E-state index is 0.0219. The molecule has 0 bridgehead atoms. The zero-order valence-corrected chi connectivity index (χ0v) is 18.6. The molecule has 0 N–H and O–H groups in total. The van der Waals surface area contributed by atoms with Gasteiger partial charge in [0.05, 0.1) is 11.4 Å². The van der Waals surface area contributed by atoms with Gasteiger partial charge in [0, 0.05) is 12.6 Å². The van der Waals surface area contributed by atoms with Crippen molar-refractivity contribution in [1.29, 1.82) is 0 Å². The molecule has 2 heterocycles. The Balaban J connectivity index is 1.74. The molecular weight excluding hydrogens is 414 g/mol. The molecule has 31 heavy (non-hydrogen) atoms. The summed E-state index contributed by atoms with van der Waals surface area (Å²) >= 11 is 0.